The zero-order chi connectivity index (χ0) is 12.0. The standard InChI is InChI=1S/C13H22O3/c1-4-6-7-8-9-15-13-10(3)16-11(5-2)12(13)14/h11H,4-9H2,1-3H3. The van der Waals surface area contributed by atoms with Crippen molar-refractivity contribution in [2.24, 2.45) is 0 Å². The van der Waals surface area contributed by atoms with Crippen LogP contribution in [0.4, 0.5) is 0 Å². The lowest BCUT2D eigenvalue weighted by Crippen LogP contribution is -2.18. The van der Waals surface area contributed by atoms with Crippen LogP contribution in [0.15, 0.2) is 11.5 Å². The summed E-state index contributed by atoms with van der Waals surface area (Å²) in [5, 5.41) is 0. The number of ether oxygens (including phenoxy) is 2. The maximum atomic E-state index is 11.8. The van der Waals surface area contributed by atoms with Gasteiger partial charge in [0.15, 0.2) is 6.10 Å². The SMILES string of the molecule is CCCCCCOC1=C(C)OC(CC)C1=O. The van der Waals surface area contributed by atoms with Crippen LogP contribution >= 0.6 is 0 Å². The number of unbranched alkanes of at least 4 members (excludes halogenated alkanes) is 3. The van der Waals surface area contributed by atoms with Crippen molar-refractivity contribution in [1.82, 2.24) is 0 Å². The molecule has 0 aliphatic carbocycles. The van der Waals surface area contributed by atoms with E-state index in [-0.39, 0.29) is 11.9 Å². The van der Waals surface area contributed by atoms with E-state index in [9.17, 15) is 4.79 Å². The van der Waals surface area contributed by atoms with Gasteiger partial charge in [-0.25, -0.2) is 0 Å². The first-order chi connectivity index (χ1) is 7.70. The summed E-state index contributed by atoms with van der Waals surface area (Å²) in [7, 11) is 0. The van der Waals surface area contributed by atoms with Crippen molar-refractivity contribution in [3.63, 3.8) is 0 Å². The van der Waals surface area contributed by atoms with Crippen molar-refractivity contribution in [1.29, 1.82) is 0 Å². The molecule has 0 spiro atoms. The molecule has 0 bridgehead atoms. The van der Waals surface area contributed by atoms with Crippen molar-refractivity contribution in [2.75, 3.05) is 6.61 Å². The Balaban J connectivity index is 2.31. The van der Waals surface area contributed by atoms with Gasteiger partial charge in [-0.15, -0.1) is 0 Å². The maximum Gasteiger partial charge on any atom is 0.241 e. The third kappa shape index (κ3) is 3.26. The van der Waals surface area contributed by atoms with Crippen LogP contribution in [0.2, 0.25) is 0 Å². The molecule has 1 heterocycles. The predicted molar refractivity (Wildman–Crippen MR) is 63.0 cm³/mol. The van der Waals surface area contributed by atoms with Crippen LogP contribution in [0.3, 0.4) is 0 Å². The minimum absolute atomic E-state index is 0.00971. The summed E-state index contributed by atoms with van der Waals surface area (Å²) in [6, 6.07) is 0. The van der Waals surface area contributed by atoms with Gasteiger partial charge in [0.25, 0.3) is 0 Å². The topological polar surface area (TPSA) is 35.5 Å². The van der Waals surface area contributed by atoms with E-state index in [0.717, 1.165) is 12.8 Å². The molecule has 0 aromatic carbocycles. The van der Waals surface area contributed by atoms with E-state index in [4.69, 9.17) is 9.47 Å². The fourth-order valence-corrected chi connectivity index (χ4v) is 1.78. The Morgan fingerprint density at radius 1 is 1.25 bits per heavy atom. The Bertz CT molecular complexity index is 268. The summed E-state index contributed by atoms with van der Waals surface area (Å²) in [5.74, 6) is 1.10. The van der Waals surface area contributed by atoms with Crippen molar-refractivity contribution >= 4 is 5.78 Å². The molecule has 1 aliphatic rings. The number of rotatable bonds is 7. The fourth-order valence-electron chi connectivity index (χ4n) is 1.78. The van der Waals surface area contributed by atoms with Crippen LogP contribution in [0.25, 0.3) is 0 Å². The van der Waals surface area contributed by atoms with Gasteiger partial charge in [0, 0.05) is 0 Å². The van der Waals surface area contributed by atoms with Gasteiger partial charge < -0.3 is 9.47 Å². The van der Waals surface area contributed by atoms with E-state index >= 15 is 0 Å². The Labute approximate surface area is 97.8 Å². The van der Waals surface area contributed by atoms with E-state index in [1.54, 1.807) is 6.92 Å². The summed E-state index contributed by atoms with van der Waals surface area (Å²) in [4.78, 5) is 11.8. The zero-order valence-electron chi connectivity index (χ0n) is 10.5. The normalized spacial score (nSPS) is 20.2. The summed E-state index contributed by atoms with van der Waals surface area (Å²) < 4.78 is 10.9. The molecule has 3 heteroatoms. The smallest absolute Gasteiger partial charge is 0.241 e. The van der Waals surface area contributed by atoms with Crippen LogP contribution in [-0.2, 0) is 14.3 Å². The molecule has 0 N–H and O–H groups in total. The first-order valence-electron chi connectivity index (χ1n) is 6.25. The molecule has 0 fully saturated rings. The number of hydrogen-bond acceptors (Lipinski definition) is 3. The average Bonchev–Trinajstić information content (AvgIpc) is 2.55. The van der Waals surface area contributed by atoms with E-state index in [1.807, 2.05) is 6.92 Å². The highest BCUT2D eigenvalue weighted by atomic mass is 16.5. The molecule has 0 saturated heterocycles. The lowest BCUT2D eigenvalue weighted by Gasteiger charge is -2.06. The molecule has 0 saturated carbocycles. The molecule has 1 unspecified atom stereocenters. The third-order valence-electron chi connectivity index (χ3n) is 2.77. The number of carbonyl (C=O) groups is 1. The van der Waals surface area contributed by atoms with Gasteiger partial charge in [-0.05, 0) is 19.8 Å². The summed E-state index contributed by atoms with van der Waals surface area (Å²) in [5.41, 5.74) is 0. The highest BCUT2D eigenvalue weighted by molar-refractivity contribution is 5.99. The van der Waals surface area contributed by atoms with Gasteiger partial charge in [0.2, 0.25) is 11.5 Å². The molecule has 0 radical (unpaired) electrons. The Kier molecular flexibility index (Phi) is 5.36. The van der Waals surface area contributed by atoms with Gasteiger partial charge in [0.05, 0.1) is 6.61 Å². The second-order valence-electron chi connectivity index (χ2n) is 4.17. The molecule has 1 atom stereocenters. The number of allylic oxidation sites excluding steroid dienone is 1. The number of carbonyl (C=O) groups excluding carboxylic acids is 1. The molecule has 16 heavy (non-hydrogen) atoms. The van der Waals surface area contributed by atoms with Crippen molar-refractivity contribution in [3.8, 4) is 0 Å². The van der Waals surface area contributed by atoms with Crippen molar-refractivity contribution in [3.05, 3.63) is 11.5 Å². The molecule has 0 aromatic rings. The molecular weight excluding hydrogens is 204 g/mol. The minimum Gasteiger partial charge on any atom is -0.487 e. The molecular formula is C13H22O3. The second kappa shape index (κ2) is 6.56. The maximum absolute atomic E-state index is 11.8. The van der Waals surface area contributed by atoms with Gasteiger partial charge >= 0.3 is 0 Å². The van der Waals surface area contributed by atoms with Crippen LogP contribution < -0.4 is 0 Å². The lowest BCUT2D eigenvalue weighted by molar-refractivity contribution is -0.123. The first kappa shape index (κ1) is 13.1. The zero-order valence-corrected chi connectivity index (χ0v) is 10.5. The van der Waals surface area contributed by atoms with Crippen molar-refractivity contribution in [2.45, 2.75) is 59.0 Å². The second-order valence-corrected chi connectivity index (χ2v) is 4.17. The highest BCUT2D eigenvalue weighted by Crippen LogP contribution is 2.24. The monoisotopic (exact) mass is 226 g/mol. The van der Waals surface area contributed by atoms with Crippen LogP contribution in [0.1, 0.15) is 52.9 Å². The van der Waals surface area contributed by atoms with E-state index in [2.05, 4.69) is 6.92 Å². The van der Waals surface area contributed by atoms with Crippen LogP contribution in [0.5, 0.6) is 0 Å². The van der Waals surface area contributed by atoms with Gasteiger partial charge in [-0.1, -0.05) is 33.1 Å². The number of hydrogen-bond donors (Lipinski definition) is 0. The van der Waals surface area contributed by atoms with Gasteiger partial charge in [-0.3, -0.25) is 4.79 Å². The Morgan fingerprint density at radius 3 is 2.56 bits per heavy atom. The molecule has 1 aliphatic heterocycles. The largest absolute Gasteiger partial charge is 0.487 e. The van der Waals surface area contributed by atoms with Crippen LogP contribution in [0, 0.1) is 0 Å². The average molecular weight is 226 g/mol. The predicted octanol–water partition coefficient (Wildman–Crippen LogP) is 3.19. The number of ketones is 1. The molecule has 0 amide bonds. The first-order valence-corrected chi connectivity index (χ1v) is 6.25. The molecule has 0 aromatic heterocycles. The Hall–Kier alpha value is -0.990. The van der Waals surface area contributed by atoms with Crippen molar-refractivity contribution < 1.29 is 14.3 Å². The molecule has 1 rings (SSSR count). The van der Waals surface area contributed by atoms with E-state index < -0.39 is 0 Å². The van der Waals surface area contributed by atoms with Crippen LogP contribution in [-0.4, -0.2) is 18.5 Å². The number of Topliss-reactive ketones (excluding diaryl/α,β-unsaturated/α-hetero) is 1. The summed E-state index contributed by atoms with van der Waals surface area (Å²) in [6.07, 6.45) is 5.00. The Morgan fingerprint density at radius 2 is 2.00 bits per heavy atom. The minimum atomic E-state index is -0.314. The van der Waals surface area contributed by atoms with Gasteiger partial charge in [-0.2, -0.15) is 0 Å². The quantitative estimate of drug-likeness (QED) is 0.625. The molecule has 92 valence electrons. The summed E-state index contributed by atoms with van der Waals surface area (Å²) >= 11 is 0. The summed E-state index contributed by atoms with van der Waals surface area (Å²) in [6.45, 7) is 6.54. The molecule has 3 nitrogen and oxygen atoms in total. The lowest BCUT2D eigenvalue weighted by atomic mass is 10.2. The van der Waals surface area contributed by atoms with E-state index in [0.29, 0.717) is 24.5 Å². The highest BCUT2D eigenvalue weighted by Gasteiger charge is 2.33. The third-order valence-corrected chi connectivity index (χ3v) is 2.77. The fraction of sp³-hybridized carbons (Fsp3) is 0.769. The van der Waals surface area contributed by atoms with Gasteiger partial charge in [0.1, 0.15) is 5.76 Å². The van der Waals surface area contributed by atoms with E-state index in [1.165, 1.54) is 12.8 Å².